The van der Waals surface area contributed by atoms with Gasteiger partial charge in [0.2, 0.25) is 5.91 Å². The lowest BCUT2D eigenvalue weighted by molar-refractivity contribution is -0.127. The number of hydrogen-bond donors (Lipinski definition) is 2. The molecule has 0 radical (unpaired) electrons. The maximum atomic E-state index is 12.5. The molecule has 1 aliphatic carbocycles. The normalized spacial score (nSPS) is 38.1. The number of carbonyl (C=O) groups is 1. The third-order valence-electron chi connectivity index (χ3n) is 5.47. The molecule has 0 aromatic carbocycles. The zero-order valence-electron chi connectivity index (χ0n) is 13.0. The van der Waals surface area contributed by atoms with Crippen molar-refractivity contribution < 1.29 is 4.79 Å². The van der Waals surface area contributed by atoms with Crippen LogP contribution in [0.2, 0.25) is 0 Å². The van der Waals surface area contributed by atoms with Gasteiger partial charge in [0.15, 0.2) is 0 Å². The fraction of sp³-hybridized carbons (Fsp3) is 0.938. The summed E-state index contributed by atoms with van der Waals surface area (Å²) in [5.74, 6) is 1.64. The molecule has 4 unspecified atom stereocenters. The lowest BCUT2D eigenvalue weighted by Gasteiger charge is -2.39. The van der Waals surface area contributed by atoms with Crippen LogP contribution < -0.4 is 10.6 Å². The SMILES string of the molecule is CCC1CCC(NC(=O)C2NCCCC2(C)C)C1C. The van der Waals surface area contributed by atoms with Gasteiger partial charge in [0.25, 0.3) is 0 Å². The van der Waals surface area contributed by atoms with E-state index in [1.807, 2.05) is 0 Å². The van der Waals surface area contributed by atoms with E-state index in [4.69, 9.17) is 0 Å². The topological polar surface area (TPSA) is 41.1 Å². The van der Waals surface area contributed by atoms with Crippen molar-refractivity contribution in [3.8, 4) is 0 Å². The van der Waals surface area contributed by atoms with Gasteiger partial charge >= 0.3 is 0 Å². The zero-order chi connectivity index (χ0) is 14.0. The van der Waals surface area contributed by atoms with Crippen molar-refractivity contribution >= 4 is 5.91 Å². The Kier molecular flexibility index (Phi) is 4.54. The first-order chi connectivity index (χ1) is 8.95. The van der Waals surface area contributed by atoms with E-state index in [0.29, 0.717) is 12.0 Å². The van der Waals surface area contributed by atoms with Crippen molar-refractivity contribution in [1.29, 1.82) is 0 Å². The second kappa shape index (κ2) is 5.82. The molecule has 1 aliphatic heterocycles. The summed E-state index contributed by atoms with van der Waals surface area (Å²) >= 11 is 0. The number of amides is 1. The van der Waals surface area contributed by atoms with E-state index in [1.165, 1.54) is 19.3 Å². The van der Waals surface area contributed by atoms with E-state index in [2.05, 4.69) is 38.3 Å². The lowest BCUT2D eigenvalue weighted by Crippen LogP contribution is -2.57. The molecule has 0 aromatic heterocycles. The molecule has 1 heterocycles. The van der Waals surface area contributed by atoms with Crippen LogP contribution >= 0.6 is 0 Å². The highest BCUT2D eigenvalue weighted by Crippen LogP contribution is 2.35. The molecular formula is C16H30N2O. The average molecular weight is 266 g/mol. The smallest absolute Gasteiger partial charge is 0.237 e. The van der Waals surface area contributed by atoms with Crippen LogP contribution in [-0.2, 0) is 4.79 Å². The first-order valence-electron chi connectivity index (χ1n) is 7.99. The molecule has 1 saturated heterocycles. The Balaban J connectivity index is 1.94. The van der Waals surface area contributed by atoms with Gasteiger partial charge in [-0.1, -0.05) is 34.1 Å². The number of nitrogens with one attached hydrogen (secondary N) is 2. The molecule has 2 N–H and O–H groups in total. The lowest BCUT2D eigenvalue weighted by atomic mass is 9.77. The van der Waals surface area contributed by atoms with Crippen LogP contribution in [0.1, 0.15) is 59.8 Å². The molecule has 110 valence electrons. The fourth-order valence-corrected chi connectivity index (χ4v) is 3.95. The van der Waals surface area contributed by atoms with Crippen molar-refractivity contribution in [3.05, 3.63) is 0 Å². The van der Waals surface area contributed by atoms with Crippen molar-refractivity contribution in [2.45, 2.75) is 71.9 Å². The molecule has 3 nitrogen and oxygen atoms in total. The minimum absolute atomic E-state index is 0.0193. The quantitative estimate of drug-likeness (QED) is 0.824. The Morgan fingerprint density at radius 2 is 2.11 bits per heavy atom. The predicted molar refractivity (Wildman–Crippen MR) is 78.9 cm³/mol. The first-order valence-corrected chi connectivity index (χ1v) is 7.99. The van der Waals surface area contributed by atoms with Crippen molar-refractivity contribution in [3.63, 3.8) is 0 Å². The Morgan fingerprint density at radius 3 is 2.68 bits per heavy atom. The van der Waals surface area contributed by atoms with E-state index in [0.717, 1.165) is 25.3 Å². The number of carbonyl (C=O) groups excluding carboxylic acids is 1. The van der Waals surface area contributed by atoms with E-state index in [9.17, 15) is 4.79 Å². The Labute approximate surface area is 117 Å². The number of piperidine rings is 1. The highest BCUT2D eigenvalue weighted by Gasteiger charge is 2.39. The second-order valence-corrected chi connectivity index (χ2v) is 7.20. The summed E-state index contributed by atoms with van der Waals surface area (Å²) in [6.45, 7) is 9.94. The fourth-order valence-electron chi connectivity index (χ4n) is 3.95. The highest BCUT2D eigenvalue weighted by atomic mass is 16.2. The summed E-state index contributed by atoms with van der Waals surface area (Å²) in [4.78, 5) is 12.5. The molecule has 3 heteroatoms. The standard InChI is InChI=1S/C16H30N2O/c1-5-12-7-8-13(11(12)2)18-15(19)14-16(3,4)9-6-10-17-14/h11-14,17H,5-10H2,1-4H3,(H,18,19). The predicted octanol–water partition coefficient (Wildman–Crippen LogP) is 2.71. The van der Waals surface area contributed by atoms with Crippen LogP contribution in [0.3, 0.4) is 0 Å². The molecule has 0 spiro atoms. The summed E-state index contributed by atoms with van der Waals surface area (Å²) in [6, 6.07) is 0.367. The van der Waals surface area contributed by atoms with Gasteiger partial charge in [-0.15, -0.1) is 0 Å². The van der Waals surface area contributed by atoms with E-state index < -0.39 is 0 Å². The van der Waals surface area contributed by atoms with Crippen molar-refractivity contribution in [2.75, 3.05) is 6.54 Å². The summed E-state index contributed by atoms with van der Waals surface area (Å²) in [7, 11) is 0. The van der Waals surface area contributed by atoms with E-state index in [1.54, 1.807) is 0 Å². The molecule has 0 bridgehead atoms. The molecule has 2 aliphatic rings. The van der Waals surface area contributed by atoms with Crippen LogP contribution in [0.4, 0.5) is 0 Å². The molecule has 4 atom stereocenters. The van der Waals surface area contributed by atoms with E-state index >= 15 is 0 Å². The van der Waals surface area contributed by atoms with Gasteiger partial charge in [-0.2, -0.15) is 0 Å². The van der Waals surface area contributed by atoms with Crippen LogP contribution in [0, 0.1) is 17.3 Å². The zero-order valence-corrected chi connectivity index (χ0v) is 13.0. The maximum absolute atomic E-state index is 12.5. The van der Waals surface area contributed by atoms with Gasteiger partial charge in [-0.25, -0.2) is 0 Å². The van der Waals surface area contributed by atoms with Crippen LogP contribution in [-0.4, -0.2) is 24.5 Å². The van der Waals surface area contributed by atoms with Gasteiger partial charge in [-0.05, 0) is 49.5 Å². The van der Waals surface area contributed by atoms with Gasteiger partial charge in [0, 0.05) is 6.04 Å². The Hall–Kier alpha value is -0.570. The third kappa shape index (κ3) is 3.13. The molecule has 1 amide bonds. The van der Waals surface area contributed by atoms with Crippen molar-refractivity contribution in [1.82, 2.24) is 10.6 Å². The van der Waals surface area contributed by atoms with Crippen molar-refractivity contribution in [2.24, 2.45) is 17.3 Å². The van der Waals surface area contributed by atoms with Crippen LogP contribution in [0.25, 0.3) is 0 Å². The van der Waals surface area contributed by atoms with Gasteiger partial charge < -0.3 is 10.6 Å². The van der Waals surface area contributed by atoms with Crippen LogP contribution in [0.15, 0.2) is 0 Å². The monoisotopic (exact) mass is 266 g/mol. The number of hydrogen-bond acceptors (Lipinski definition) is 2. The first kappa shape index (κ1) is 14.8. The molecule has 2 rings (SSSR count). The summed E-state index contributed by atoms with van der Waals surface area (Å²) in [5, 5.41) is 6.73. The summed E-state index contributed by atoms with van der Waals surface area (Å²) < 4.78 is 0. The molecule has 2 fully saturated rings. The minimum Gasteiger partial charge on any atom is -0.352 e. The van der Waals surface area contributed by atoms with Gasteiger partial charge in [0.1, 0.15) is 0 Å². The van der Waals surface area contributed by atoms with Crippen LogP contribution in [0.5, 0.6) is 0 Å². The Morgan fingerprint density at radius 1 is 1.37 bits per heavy atom. The van der Waals surface area contributed by atoms with Gasteiger partial charge in [0.05, 0.1) is 6.04 Å². The molecule has 1 saturated carbocycles. The second-order valence-electron chi connectivity index (χ2n) is 7.20. The van der Waals surface area contributed by atoms with Gasteiger partial charge in [-0.3, -0.25) is 4.79 Å². The molecule has 19 heavy (non-hydrogen) atoms. The summed E-state index contributed by atoms with van der Waals surface area (Å²) in [5.41, 5.74) is 0.0777. The van der Waals surface area contributed by atoms with E-state index in [-0.39, 0.29) is 17.4 Å². The highest BCUT2D eigenvalue weighted by molar-refractivity contribution is 5.83. The molecule has 0 aromatic rings. The minimum atomic E-state index is -0.0193. The third-order valence-corrected chi connectivity index (χ3v) is 5.47. The number of rotatable bonds is 3. The Bertz CT molecular complexity index is 327. The largest absolute Gasteiger partial charge is 0.352 e. The molecular weight excluding hydrogens is 236 g/mol. The average Bonchev–Trinajstić information content (AvgIpc) is 2.69. The maximum Gasteiger partial charge on any atom is 0.237 e. The summed E-state index contributed by atoms with van der Waals surface area (Å²) in [6.07, 6.45) is 5.97.